The third-order valence-electron chi connectivity index (χ3n) is 4.69. The van der Waals surface area contributed by atoms with Crippen LogP contribution in [0.1, 0.15) is 36.3 Å². The second-order valence-electron chi connectivity index (χ2n) is 6.64. The maximum Gasteiger partial charge on any atom is 0.573 e. The molecule has 144 valence electrons. The summed E-state index contributed by atoms with van der Waals surface area (Å²) in [5.74, 6) is -0.769. The van der Waals surface area contributed by atoms with Crippen molar-refractivity contribution in [2.75, 3.05) is 18.4 Å². The van der Waals surface area contributed by atoms with Crippen LogP contribution in [-0.2, 0) is 4.79 Å². The fourth-order valence-corrected chi connectivity index (χ4v) is 3.16. The van der Waals surface area contributed by atoms with Crippen molar-refractivity contribution in [3.63, 3.8) is 0 Å². The molecule has 1 saturated heterocycles. The molecular weight excluding hydrogens is 357 g/mol. The summed E-state index contributed by atoms with van der Waals surface area (Å²) < 4.78 is 41.0. The van der Waals surface area contributed by atoms with E-state index in [-0.39, 0.29) is 11.7 Å². The highest BCUT2D eigenvalue weighted by molar-refractivity contribution is 5.95. The van der Waals surface area contributed by atoms with E-state index in [1.54, 1.807) is 13.0 Å². The number of rotatable bonds is 5. The zero-order valence-corrected chi connectivity index (χ0v) is 14.8. The average Bonchev–Trinajstić information content (AvgIpc) is 3.15. The van der Waals surface area contributed by atoms with E-state index in [4.69, 9.17) is 0 Å². The Morgan fingerprint density at radius 3 is 2.59 bits per heavy atom. The minimum Gasteiger partial charge on any atom is -0.406 e. The molecule has 1 heterocycles. The quantitative estimate of drug-likeness (QED) is 0.811. The normalized spacial score (nSPS) is 18.1. The highest BCUT2D eigenvalue weighted by Crippen LogP contribution is 2.27. The predicted molar refractivity (Wildman–Crippen MR) is 96.8 cm³/mol. The van der Waals surface area contributed by atoms with Gasteiger partial charge in [0.25, 0.3) is 0 Å². The molecule has 0 saturated carbocycles. The molecule has 1 amide bonds. The monoisotopic (exact) mass is 378 g/mol. The number of carbonyl (C=O) groups is 1. The molecule has 4 nitrogen and oxygen atoms in total. The number of ether oxygens (including phenoxy) is 1. The van der Waals surface area contributed by atoms with Crippen molar-refractivity contribution in [2.24, 2.45) is 0 Å². The van der Waals surface area contributed by atoms with Gasteiger partial charge in [0.2, 0.25) is 5.91 Å². The summed E-state index contributed by atoms with van der Waals surface area (Å²) in [5.41, 5.74) is 2.33. The van der Waals surface area contributed by atoms with Crippen molar-refractivity contribution < 1.29 is 22.7 Å². The van der Waals surface area contributed by atoms with Crippen molar-refractivity contribution >= 4 is 11.6 Å². The van der Waals surface area contributed by atoms with Gasteiger partial charge in [-0.1, -0.05) is 24.3 Å². The van der Waals surface area contributed by atoms with Crippen LogP contribution in [0.5, 0.6) is 5.75 Å². The third kappa shape index (κ3) is 5.23. The summed E-state index contributed by atoms with van der Waals surface area (Å²) >= 11 is 0. The molecule has 1 aliphatic rings. The van der Waals surface area contributed by atoms with E-state index in [0.29, 0.717) is 17.2 Å². The lowest BCUT2D eigenvalue weighted by Crippen LogP contribution is -2.20. The van der Waals surface area contributed by atoms with Gasteiger partial charge in [0.1, 0.15) is 5.75 Å². The minimum absolute atomic E-state index is 0.297. The lowest BCUT2D eigenvalue weighted by molar-refractivity contribution is -0.274. The van der Waals surface area contributed by atoms with Crippen molar-refractivity contribution in [1.82, 2.24) is 5.32 Å². The summed E-state index contributed by atoms with van der Waals surface area (Å²) in [5, 5.41) is 6.13. The predicted octanol–water partition coefficient (Wildman–Crippen LogP) is 4.40. The minimum atomic E-state index is -4.76. The maximum atomic E-state index is 12.5. The van der Waals surface area contributed by atoms with Gasteiger partial charge < -0.3 is 15.4 Å². The second kappa shape index (κ2) is 8.00. The fourth-order valence-electron chi connectivity index (χ4n) is 3.16. The molecule has 0 aliphatic carbocycles. The number of benzene rings is 2. The molecule has 27 heavy (non-hydrogen) atoms. The zero-order valence-electron chi connectivity index (χ0n) is 14.8. The number of carbonyl (C=O) groups excluding carboxylic acids is 1. The number of nitrogens with one attached hydrogen (secondary N) is 2. The molecule has 1 aliphatic heterocycles. The van der Waals surface area contributed by atoms with Gasteiger partial charge in [-0.2, -0.15) is 0 Å². The molecule has 2 aromatic carbocycles. The molecule has 1 unspecified atom stereocenters. The lowest BCUT2D eigenvalue weighted by Gasteiger charge is -2.15. The van der Waals surface area contributed by atoms with E-state index in [2.05, 4.69) is 15.4 Å². The molecule has 0 radical (unpaired) electrons. The fraction of sp³-hybridized carbons (Fsp3) is 0.350. The number of halogens is 3. The van der Waals surface area contributed by atoms with E-state index < -0.39 is 12.3 Å². The summed E-state index contributed by atoms with van der Waals surface area (Å²) in [6.07, 6.45) is -3.67. The summed E-state index contributed by atoms with van der Waals surface area (Å²) in [7, 11) is 0. The van der Waals surface area contributed by atoms with Crippen molar-refractivity contribution in [3.05, 3.63) is 59.7 Å². The van der Waals surface area contributed by atoms with Gasteiger partial charge >= 0.3 is 6.36 Å². The Hall–Kier alpha value is -2.54. The molecule has 2 atom stereocenters. The summed E-state index contributed by atoms with van der Waals surface area (Å²) in [4.78, 5) is 12.5. The van der Waals surface area contributed by atoms with E-state index in [0.717, 1.165) is 19.5 Å². The van der Waals surface area contributed by atoms with Crippen LogP contribution < -0.4 is 15.4 Å². The van der Waals surface area contributed by atoms with Crippen molar-refractivity contribution in [2.45, 2.75) is 31.5 Å². The van der Waals surface area contributed by atoms with Crippen LogP contribution in [0.4, 0.5) is 18.9 Å². The Balaban J connectivity index is 1.64. The van der Waals surface area contributed by atoms with Gasteiger partial charge in [-0.05, 0) is 61.2 Å². The molecule has 0 aromatic heterocycles. The molecule has 3 rings (SSSR count). The summed E-state index contributed by atoms with van der Waals surface area (Å²) in [6, 6.07) is 13.2. The Labute approximate surface area is 155 Å². The number of anilines is 1. The largest absolute Gasteiger partial charge is 0.573 e. The Morgan fingerprint density at radius 1 is 1.22 bits per heavy atom. The topological polar surface area (TPSA) is 50.4 Å². The van der Waals surface area contributed by atoms with Gasteiger partial charge in [-0.25, -0.2) is 0 Å². The molecule has 7 heteroatoms. The van der Waals surface area contributed by atoms with Gasteiger partial charge in [0.05, 0.1) is 5.92 Å². The first-order valence-electron chi connectivity index (χ1n) is 8.79. The third-order valence-corrected chi connectivity index (χ3v) is 4.69. The first-order chi connectivity index (χ1) is 12.8. The highest BCUT2D eigenvalue weighted by Gasteiger charge is 2.31. The first-order valence-corrected chi connectivity index (χ1v) is 8.79. The van der Waals surface area contributed by atoms with Gasteiger partial charge in [-0.15, -0.1) is 13.2 Å². The number of hydrogen-bond acceptors (Lipinski definition) is 3. The van der Waals surface area contributed by atoms with Crippen LogP contribution in [-0.4, -0.2) is 25.4 Å². The number of amides is 1. The molecule has 0 bridgehead atoms. The van der Waals surface area contributed by atoms with Crippen LogP contribution in [0.2, 0.25) is 0 Å². The molecule has 0 spiro atoms. The number of alkyl halides is 3. The molecule has 1 fully saturated rings. The highest BCUT2D eigenvalue weighted by atomic mass is 19.4. The van der Waals surface area contributed by atoms with E-state index in [1.165, 1.54) is 23.8 Å². The molecule has 2 aromatic rings. The zero-order chi connectivity index (χ0) is 19.4. The molecule has 2 N–H and O–H groups in total. The standard InChI is InChI=1S/C20H21F3N2O2/c1-13(15-3-2-4-18(11-15)27-20(21,22)23)19(26)25-17-7-5-14(6-8-17)16-9-10-24-12-16/h2-8,11,13,16,24H,9-10,12H2,1H3,(H,25,26)/t13-,16?/m0/s1. The van der Waals surface area contributed by atoms with Crippen LogP contribution in [0.3, 0.4) is 0 Å². The lowest BCUT2D eigenvalue weighted by atomic mass is 9.98. The first kappa shape index (κ1) is 19.2. The maximum absolute atomic E-state index is 12.5. The van der Waals surface area contributed by atoms with Gasteiger partial charge in [0.15, 0.2) is 0 Å². The van der Waals surface area contributed by atoms with Gasteiger partial charge in [0, 0.05) is 12.2 Å². The second-order valence-corrected chi connectivity index (χ2v) is 6.64. The van der Waals surface area contributed by atoms with Crippen LogP contribution in [0.25, 0.3) is 0 Å². The van der Waals surface area contributed by atoms with Crippen LogP contribution in [0.15, 0.2) is 48.5 Å². The number of hydrogen-bond donors (Lipinski definition) is 2. The van der Waals surface area contributed by atoms with Crippen molar-refractivity contribution in [3.8, 4) is 5.75 Å². The van der Waals surface area contributed by atoms with Crippen LogP contribution >= 0.6 is 0 Å². The SMILES string of the molecule is C[C@H](C(=O)Nc1ccc(C2CCNC2)cc1)c1cccc(OC(F)(F)F)c1. The molecular formula is C20H21F3N2O2. The van der Waals surface area contributed by atoms with Gasteiger partial charge in [-0.3, -0.25) is 4.79 Å². The smallest absolute Gasteiger partial charge is 0.406 e. The Bertz CT molecular complexity index is 785. The average molecular weight is 378 g/mol. The van der Waals surface area contributed by atoms with E-state index in [1.807, 2.05) is 24.3 Å². The van der Waals surface area contributed by atoms with E-state index >= 15 is 0 Å². The Kier molecular flexibility index (Phi) is 5.70. The Morgan fingerprint density at radius 2 is 1.96 bits per heavy atom. The van der Waals surface area contributed by atoms with Crippen LogP contribution in [0, 0.1) is 0 Å². The summed E-state index contributed by atoms with van der Waals surface area (Å²) in [6.45, 7) is 3.61. The van der Waals surface area contributed by atoms with E-state index in [9.17, 15) is 18.0 Å². The van der Waals surface area contributed by atoms with Crippen molar-refractivity contribution in [1.29, 1.82) is 0 Å².